The lowest BCUT2D eigenvalue weighted by atomic mass is 10.2. The summed E-state index contributed by atoms with van der Waals surface area (Å²) in [6, 6.07) is 7.01. The Morgan fingerprint density at radius 2 is 2.25 bits per heavy atom. The van der Waals surface area contributed by atoms with Crippen molar-refractivity contribution in [1.29, 1.82) is 0 Å². The van der Waals surface area contributed by atoms with Crippen molar-refractivity contribution in [2.75, 3.05) is 24.3 Å². The molecule has 0 radical (unpaired) electrons. The number of para-hydroxylation sites is 2. The standard InChI is InChI=1S/C11H15N3O2/c12-9-3-1-2-4-10(9)14-11(15)13-8-5-6-16-7-8/h1-4,8H,5-7,12H2,(H2,13,14,15). The summed E-state index contributed by atoms with van der Waals surface area (Å²) in [7, 11) is 0. The minimum Gasteiger partial charge on any atom is -0.397 e. The van der Waals surface area contributed by atoms with E-state index in [-0.39, 0.29) is 12.1 Å². The van der Waals surface area contributed by atoms with Crippen molar-refractivity contribution in [1.82, 2.24) is 5.32 Å². The van der Waals surface area contributed by atoms with Crippen LogP contribution in [0.15, 0.2) is 24.3 Å². The molecule has 1 aromatic carbocycles. The molecule has 86 valence electrons. The van der Waals surface area contributed by atoms with E-state index in [9.17, 15) is 4.79 Å². The summed E-state index contributed by atoms with van der Waals surface area (Å²) in [5.41, 5.74) is 6.89. The van der Waals surface area contributed by atoms with Gasteiger partial charge in [-0.15, -0.1) is 0 Å². The topological polar surface area (TPSA) is 76.4 Å². The van der Waals surface area contributed by atoms with Crippen LogP contribution in [0.25, 0.3) is 0 Å². The molecule has 1 fully saturated rings. The molecule has 1 aliphatic heterocycles. The van der Waals surface area contributed by atoms with Crippen LogP contribution >= 0.6 is 0 Å². The van der Waals surface area contributed by atoms with E-state index < -0.39 is 0 Å². The normalized spacial score (nSPS) is 19.4. The second-order valence-corrected chi connectivity index (χ2v) is 3.75. The summed E-state index contributed by atoms with van der Waals surface area (Å²) in [6.07, 6.45) is 0.859. The van der Waals surface area contributed by atoms with Crippen LogP contribution in [0, 0.1) is 0 Å². The van der Waals surface area contributed by atoms with Gasteiger partial charge in [-0.05, 0) is 18.6 Å². The van der Waals surface area contributed by atoms with E-state index in [0.29, 0.717) is 24.6 Å². The van der Waals surface area contributed by atoms with Crippen LogP contribution in [0.5, 0.6) is 0 Å². The Labute approximate surface area is 94.0 Å². The van der Waals surface area contributed by atoms with Crippen molar-refractivity contribution < 1.29 is 9.53 Å². The van der Waals surface area contributed by atoms with Crippen molar-refractivity contribution in [2.45, 2.75) is 12.5 Å². The zero-order valence-electron chi connectivity index (χ0n) is 8.90. The van der Waals surface area contributed by atoms with Gasteiger partial charge in [-0.25, -0.2) is 4.79 Å². The zero-order valence-corrected chi connectivity index (χ0v) is 8.90. The fourth-order valence-electron chi connectivity index (χ4n) is 1.60. The van der Waals surface area contributed by atoms with E-state index >= 15 is 0 Å². The Balaban J connectivity index is 1.89. The summed E-state index contributed by atoms with van der Waals surface area (Å²) >= 11 is 0. The number of benzene rings is 1. The predicted molar refractivity (Wildman–Crippen MR) is 62.2 cm³/mol. The van der Waals surface area contributed by atoms with Gasteiger partial charge in [-0.1, -0.05) is 12.1 Å². The molecule has 1 aliphatic rings. The highest BCUT2D eigenvalue weighted by molar-refractivity contribution is 5.92. The quantitative estimate of drug-likeness (QED) is 0.656. The molecule has 1 atom stereocenters. The maximum atomic E-state index is 11.6. The number of ether oxygens (including phenoxy) is 1. The Kier molecular flexibility index (Phi) is 3.26. The lowest BCUT2D eigenvalue weighted by Gasteiger charge is -2.12. The van der Waals surface area contributed by atoms with Crippen molar-refractivity contribution >= 4 is 17.4 Å². The molecular formula is C11H15N3O2. The lowest BCUT2D eigenvalue weighted by Crippen LogP contribution is -2.38. The molecule has 1 heterocycles. The molecule has 0 spiro atoms. The number of hydrogen-bond acceptors (Lipinski definition) is 3. The Morgan fingerprint density at radius 3 is 2.94 bits per heavy atom. The molecule has 4 N–H and O–H groups in total. The number of nitrogens with two attached hydrogens (primary N) is 1. The third kappa shape index (κ3) is 2.64. The molecule has 1 aromatic rings. The van der Waals surface area contributed by atoms with E-state index in [4.69, 9.17) is 10.5 Å². The molecule has 16 heavy (non-hydrogen) atoms. The van der Waals surface area contributed by atoms with Gasteiger partial charge in [-0.3, -0.25) is 0 Å². The van der Waals surface area contributed by atoms with E-state index in [1.54, 1.807) is 12.1 Å². The third-order valence-electron chi connectivity index (χ3n) is 2.47. The van der Waals surface area contributed by atoms with Crippen LogP contribution in [0.4, 0.5) is 16.2 Å². The molecule has 2 amide bonds. The second kappa shape index (κ2) is 4.85. The number of carbonyl (C=O) groups is 1. The Morgan fingerprint density at radius 1 is 1.44 bits per heavy atom. The van der Waals surface area contributed by atoms with Gasteiger partial charge in [-0.2, -0.15) is 0 Å². The average Bonchev–Trinajstić information content (AvgIpc) is 2.74. The summed E-state index contributed by atoms with van der Waals surface area (Å²) in [6.45, 7) is 1.29. The van der Waals surface area contributed by atoms with Gasteiger partial charge < -0.3 is 21.1 Å². The SMILES string of the molecule is Nc1ccccc1NC(=O)NC1CCOC1. The Bertz CT molecular complexity index is 375. The molecule has 0 bridgehead atoms. The molecule has 5 nitrogen and oxygen atoms in total. The summed E-state index contributed by atoms with van der Waals surface area (Å²) < 4.78 is 5.16. The third-order valence-corrected chi connectivity index (χ3v) is 2.47. The van der Waals surface area contributed by atoms with Gasteiger partial charge in [0.1, 0.15) is 0 Å². The van der Waals surface area contributed by atoms with Gasteiger partial charge in [0, 0.05) is 6.61 Å². The number of nitrogens with one attached hydrogen (secondary N) is 2. The molecule has 5 heteroatoms. The molecular weight excluding hydrogens is 206 g/mol. The van der Waals surface area contributed by atoms with Crippen molar-refractivity contribution in [3.05, 3.63) is 24.3 Å². The molecule has 2 rings (SSSR count). The van der Waals surface area contributed by atoms with Gasteiger partial charge in [0.05, 0.1) is 24.0 Å². The highest BCUT2D eigenvalue weighted by Gasteiger charge is 2.17. The molecule has 0 saturated carbocycles. The minimum absolute atomic E-state index is 0.102. The number of carbonyl (C=O) groups excluding carboxylic acids is 1. The largest absolute Gasteiger partial charge is 0.397 e. The Hall–Kier alpha value is -1.75. The fraction of sp³-hybridized carbons (Fsp3) is 0.364. The van der Waals surface area contributed by atoms with Crippen molar-refractivity contribution in [3.8, 4) is 0 Å². The number of nitrogen functional groups attached to an aromatic ring is 1. The van der Waals surface area contributed by atoms with Crippen LogP contribution in [-0.2, 0) is 4.74 Å². The second-order valence-electron chi connectivity index (χ2n) is 3.75. The number of anilines is 2. The van der Waals surface area contributed by atoms with Gasteiger partial charge in [0.15, 0.2) is 0 Å². The number of rotatable bonds is 2. The summed E-state index contributed by atoms with van der Waals surface area (Å²) in [4.78, 5) is 11.6. The van der Waals surface area contributed by atoms with Crippen molar-refractivity contribution in [2.24, 2.45) is 0 Å². The summed E-state index contributed by atoms with van der Waals surface area (Å²) in [5, 5.41) is 5.53. The predicted octanol–water partition coefficient (Wildman–Crippen LogP) is 1.18. The first-order valence-electron chi connectivity index (χ1n) is 5.25. The molecule has 0 aromatic heterocycles. The number of urea groups is 1. The first-order chi connectivity index (χ1) is 7.75. The van der Waals surface area contributed by atoms with Gasteiger partial charge in [0.25, 0.3) is 0 Å². The van der Waals surface area contributed by atoms with E-state index in [1.165, 1.54) is 0 Å². The molecule has 0 aliphatic carbocycles. The fourth-order valence-corrected chi connectivity index (χ4v) is 1.60. The lowest BCUT2D eigenvalue weighted by molar-refractivity contribution is 0.189. The van der Waals surface area contributed by atoms with Gasteiger partial charge in [0.2, 0.25) is 0 Å². The van der Waals surface area contributed by atoms with Crippen LogP contribution in [0.3, 0.4) is 0 Å². The first-order valence-corrected chi connectivity index (χ1v) is 5.25. The molecule has 1 saturated heterocycles. The number of hydrogen-bond donors (Lipinski definition) is 3. The smallest absolute Gasteiger partial charge is 0.319 e. The maximum Gasteiger partial charge on any atom is 0.319 e. The minimum atomic E-state index is -0.242. The van der Waals surface area contributed by atoms with Crippen LogP contribution in [0.2, 0.25) is 0 Å². The van der Waals surface area contributed by atoms with E-state index in [1.807, 2.05) is 12.1 Å². The van der Waals surface area contributed by atoms with Crippen molar-refractivity contribution in [3.63, 3.8) is 0 Å². The van der Waals surface area contributed by atoms with Gasteiger partial charge >= 0.3 is 6.03 Å². The molecule has 1 unspecified atom stereocenters. The summed E-state index contributed by atoms with van der Waals surface area (Å²) in [5.74, 6) is 0. The van der Waals surface area contributed by atoms with E-state index in [0.717, 1.165) is 6.42 Å². The first kappa shape index (κ1) is 10.8. The maximum absolute atomic E-state index is 11.6. The van der Waals surface area contributed by atoms with E-state index in [2.05, 4.69) is 10.6 Å². The average molecular weight is 221 g/mol. The monoisotopic (exact) mass is 221 g/mol. The van der Waals surface area contributed by atoms with Crippen LogP contribution < -0.4 is 16.4 Å². The van der Waals surface area contributed by atoms with Crippen LogP contribution in [0.1, 0.15) is 6.42 Å². The number of amides is 2. The zero-order chi connectivity index (χ0) is 11.4. The van der Waals surface area contributed by atoms with Crippen LogP contribution in [-0.4, -0.2) is 25.3 Å². The highest BCUT2D eigenvalue weighted by Crippen LogP contribution is 2.16. The highest BCUT2D eigenvalue weighted by atomic mass is 16.5.